The summed E-state index contributed by atoms with van der Waals surface area (Å²) in [4.78, 5) is 3.99. The summed E-state index contributed by atoms with van der Waals surface area (Å²) in [5.41, 5.74) is 1.12. The molecule has 0 saturated carbocycles. The third-order valence-electron chi connectivity index (χ3n) is 2.36. The molecule has 0 amide bonds. The van der Waals surface area contributed by atoms with E-state index in [1.165, 1.54) is 6.07 Å². The fourth-order valence-corrected chi connectivity index (χ4v) is 1.40. The number of aliphatic hydroxyl groups is 1. The van der Waals surface area contributed by atoms with Crippen molar-refractivity contribution in [1.29, 1.82) is 0 Å². The minimum atomic E-state index is -4.43. The van der Waals surface area contributed by atoms with Crippen molar-refractivity contribution in [2.24, 2.45) is 0 Å². The van der Waals surface area contributed by atoms with E-state index < -0.39 is 12.3 Å². The number of hydrogen-bond donors (Lipinski definition) is 1. The molecule has 0 aliphatic carbocycles. The number of ether oxygens (including phenoxy) is 1. The number of halogens is 3. The first kappa shape index (κ1) is 14.8. The minimum Gasteiger partial charge on any atom is -0.465 e. The third-order valence-corrected chi connectivity index (χ3v) is 2.36. The molecular weight excluding hydrogens is 247 g/mol. The van der Waals surface area contributed by atoms with E-state index in [-0.39, 0.29) is 12.5 Å². The lowest BCUT2D eigenvalue weighted by atomic mass is 10.2. The maximum Gasteiger partial charge on any atom is 0.425 e. The third kappa shape index (κ3) is 4.18. The molecule has 18 heavy (non-hydrogen) atoms. The molecule has 102 valence electrons. The summed E-state index contributed by atoms with van der Waals surface area (Å²) < 4.78 is 41.9. The first-order valence-corrected chi connectivity index (χ1v) is 5.71. The fraction of sp³-hybridized carbons (Fsp3) is 0.583. The number of rotatable bonds is 5. The zero-order chi connectivity index (χ0) is 13.8. The summed E-state index contributed by atoms with van der Waals surface area (Å²) in [6.07, 6.45) is -4.91. The molecule has 6 heteroatoms. The first-order chi connectivity index (χ1) is 8.36. The molecule has 0 aliphatic rings. The average molecular weight is 263 g/mol. The topological polar surface area (TPSA) is 42.4 Å². The maximum atomic E-state index is 12.4. The van der Waals surface area contributed by atoms with Crippen LogP contribution < -0.4 is 4.74 Å². The summed E-state index contributed by atoms with van der Waals surface area (Å²) in [7, 11) is 0. The summed E-state index contributed by atoms with van der Waals surface area (Å²) in [6.45, 7) is 2.61. The van der Waals surface area contributed by atoms with Gasteiger partial charge in [0.15, 0.2) is 6.10 Å². The van der Waals surface area contributed by atoms with Crippen LogP contribution in [0.5, 0.6) is 5.88 Å². The highest BCUT2D eigenvalue weighted by atomic mass is 19.4. The number of aromatic nitrogens is 1. The molecule has 0 fully saturated rings. The van der Waals surface area contributed by atoms with E-state index in [1.807, 2.05) is 6.92 Å². The highest BCUT2D eigenvalue weighted by molar-refractivity contribution is 5.25. The summed E-state index contributed by atoms with van der Waals surface area (Å²) in [6, 6.07) is 2.98. The highest BCUT2D eigenvalue weighted by Crippen LogP contribution is 2.24. The monoisotopic (exact) mass is 263 g/mol. The first-order valence-electron chi connectivity index (χ1n) is 5.71. The van der Waals surface area contributed by atoms with Gasteiger partial charge in [0.25, 0.3) is 0 Å². The molecule has 1 atom stereocenters. The van der Waals surface area contributed by atoms with Crippen molar-refractivity contribution in [1.82, 2.24) is 4.98 Å². The molecule has 3 nitrogen and oxygen atoms in total. The molecule has 0 saturated heterocycles. The number of pyridine rings is 1. The Morgan fingerprint density at radius 3 is 2.56 bits per heavy atom. The van der Waals surface area contributed by atoms with Crippen molar-refractivity contribution in [2.45, 2.75) is 45.6 Å². The van der Waals surface area contributed by atoms with E-state index in [0.717, 1.165) is 13.3 Å². The normalized spacial score (nSPS) is 13.4. The van der Waals surface area contributed by atoms with Gasteiger partial charge in [-0.3, -0.25) is 0 Å². The summed E-state index contributed by atoms with van der Waals surface area (Å²) in [5.74, 6) is -0.102. The number of alkyl halides is 3. The van der Waals surface area contributed by atoms with Crippen molar-refractivity contribution in [3.8, 4) is 5.88 Å². The second kappa shape index (κ2) is 6.04. The van der Waals surface area contributed by atoms with Crippen LogP contribution in [0.25, 0.3) is 0 Å². The standard InChI is InChI=1S/C12H16F3NO2/c1-3-4-10-5-9(7-17)6-11(16-10)18-8(2)12(13,14)15/h5-6,8,17H,3-4,7H2,1-2H3. The Morgan fingerprint density at radius 1 is 1.39 bits per heavy atom. The van der Waals surface area contributed by atoms with Gasteiger partial charge in [0.1, 0.15) is 0 Å². The van der Waals surface area contributed by atoms with E-state index in [2.05, 4.69) is 4.98 Å². The smallest absolute Gasteiger partial charge is 0.425 e. The van der Waals surface area contributed by atoms with E-state index >= 15 is 0 Å². The van der Waals surface area contributed by atoms with Crippen molar-refractivity contribution in [2.75, 3.05) is 0 Å². The van der Waals surface area contributed by atoms with Crippen LogP contribution >= 0.6 is 0 Å². The number of aliphatic hydroxyl groups excluding tert-OH is 1. The van der Waals surface area contributed by atoms with E-state index in [0.29, 0.717) is 17.7 Å². The molecule has 0 aromatic carbocycles. The van der Waals surface area contributed by atoms with E-state index in [4.69, 9.17) is 9.84 Å². The summed E-state index contributed by atoms with van der Waals surface area (Å²) in [5, 5.41) is 9.04. The lowest BCUT2D eigenvalue weighted by molar-refractivity contribution is -0.190. The van der Waals surface area contributed by atoms with Crippen molar-refractivity contribution < 1.29 is 23.0 Å². The van der Waals surface area contributed by atoms with Gasteiger partial charge in [0, 0.05) is 11.8 Å². The van der Waals surface area contributed by atoms with Crippen molar-refractivity contribution in [3.63, 3.8) is 0 Å². The van der Waals surface area contributed by atoms with Crippen LogP contribution in [0.2, 0.25) is 0 Å². The Balaban J connectivity index is 2.90. The van der Waals surface area contributed by atoms with Crippen LogP contribution in [-0.2, 0) is 13.0 Å². The fourth-order valence-electron chi connectivity index (χ4n) is 1.40. The lowest BCUT2D eigenvalue weighted by Crippen LogP contribution is -2.31. The molecule has 0 aliphatic heterocycles. The van der Waals surface area contributed by atoms with Crippen LogP contribution in [-0.4, -0.2) is 22.4 Å². The van der Waals surface area contributed by atoms with Gasteiger partial charge in [-0.25, -0.2) is 4.98 Å². The zero-order valence-corrected chi connectivity index (χ0v) is 10.3. The second-order valence-electron chi connectivity index (χ2n) is 4.01. The average Bonchev–Trinajstić information content (AvgIpc) is 2.27. The van der Waals surface area contributed by atoms with Gasteiger partial charge < -0.3 is 9.84 Å². The quantitative estimate of drug-likeness (QED) is 0.888. The van der Waals surface area contributed by atoms with Gasteiger partial charge in [-0.2, -0.15) is 13.2 Å². The lowest BCUT2D eigenvalue weighted by Gasteiger charge is -2.17. The van der Waals surface area contributed by atoms with Crippen LogP contribution in [0, 0.1) is 0 Å². The van der Waals surface area contributed by atoms with Gasteiger partial charge in [0.05, 0.1) is 6.61 Å². The molecule has 1 heterocycles. The second-order valence-corrected chi connectivity index (χ2v) is 4.01. The molecule has 1 aromatic rings. The predicted octanol–water partition coefficient (Wildman–Crippen LogP) is 2.86. The molecule has 0 bridgehead atoms. The summed E-state index contributed by atoms with van der Waals surface area (Å²) >= 11 is 0. The molecular formula is C12H16F3NO2. The Bertz CT molecular complexity index is 393. The Labute approximate surface area is 104 Å². The molecule has 1 unspecified atom stereocenters. The van der Waals surface area contributed by atoms with Crippen molar-refractivity contribution in [3.05, 3.63) is 23.4 Å². The zero-order valence-electron chi connectivity index (χ0n) is 10.3. The minimum absolute atomic E-state index is 0.102. The molecule has 1 rings (SSSR count). The van der Waals surface area contributed by atoms with E-state index in [9.17, 15) is 13.2 Å². The van der Waals surface area contributed by atoms with Crippen LogP contribution in [0.4, 0.5) is 13.2 Å². The van der Waals surface area contributed by atoms with Crippen LogP contribution in [0.15, 0.2) is 12.1 Å². The number of nitrogens with zero attached hydrogens (tertiary/aromatic N) is 1. The van der Waals surface area contributed by atoms with Gasteiger partial charge in [0.2, 0.25) is 5.88 Å². The Morgan fingerprint density at radius 2 is 2.06 bits per heavy atom. The molecule has 0 spiro atoms. The van der Waals surface area contributed by atoms with Gasteiger partial charge in [-0.1, -0.05) is 13.3 Å². The van der Waals surface area contributed by atoms with Crippen molar-refractivity contribution >= 4 is 0 Å². The Hall–Kier alpha value is -1.30. The maximum absolute atomic E-state index is 12.4. The van der Waals surface area contributed by atoms with E-state index in [1.54, 1.807) is 6.07 Å². The number of aryl methyl sites for hydroxylation is 1. The molecule has 0 radical (unpaired) electrons. The Kier molecular flexibility index (Phi) is 4.95. The SMILES string of the molecule is CCCc1cc(CO)cc(OC(C)C(F)(F)F)n1. The van der Waals surface area contributed by atoms with Crippen LogP contribution in [0.1, 0.15) is 31.5 Å². The molecule has 1 N–H and O–H groups in total. The molecule has 1 aromatic heterocycles. The predicted molar refractivity (Wildman–Crippen MR) is 60.3 cm³/mol. The van der Waals surface area contributed by atoms with Gasteiger partial charge >= 0.3 is 6.18 Å². The number of hydrogen-bond acceptors (Lipinski definition) is 3. The van der Waals surface area contributed by atoms with Crippen LogP contribution in [0.3, 0.4) is 0 Å². The largest absolute Gasteiger partial charge is 0.465 e. The highest BCUT2D eigenvalue weighted by Gasteiger charge is 2.38. The van der Waals surface area contributed by atoms with Gasteiger partial charge in [-0.15, -0.1) is 0 Å². The van der Waals surface area contributed by atoms with Gasteiger partial charge in [-0.05, 0) is 25.0 Å².